The summed E-state index contributed by atoms with van der Waals surface area (Å²) < 4.78 is 27.4. The van der Waals surface area contributed by atoms with Crippen molar-refractivity contribution in [1.82, 2.24) is 47.9 Å². The second-order valence-electron chi connectivity index (χ2n) is 20.0. The average molecular weight is 1290 g/mol. The van der Waals surface area contributed by atoms with Gasteiger partial charge in [-0.1, -0.05) is 58.8 Å². The number of nitrogens with two attached hydrogens (primary N) is 4. The Morgan fingerprint density at radius 3 is 1.89 bits per heavy atom. The van der Waals surface area contributed by atoms with Crippen molar-refractivity contribution < 1.29 is 86.6 Å². The maximum Gasteiger partial charge on any atom is 0.245 e. The third kappa shape index (κ3) is 34.3. The van der Waals surface area contributed by atoms with Crippen molar-refractivity contribution >= 4 is 92.2 Å². The van der Waals surface area contributed by atoms with E-state index in [4.69, 9.17) is 46.6 Å². The van der Waals surface area contributed by atoms with Gasteiger partial charge in [-0.2, -0.15) is 0 Å². The smallest absolute Gasteiger partial charge is 0.245 e. The van der Waals surface area contributed by atoms with Gasteiger partial charge in [-0.05, 0) is 32.3 Å². The lowest BCUT2D eigenvalue weighted by molar-refractivity contribution is -0.135. The zero-order chi connectivity index (χ0) is 65.2. The highest BCUT2D eigenvalue weighted by Crippen LogP contribution is 2.24. The molecular formula is C54H90N14O18S2. The van der Waals surface area contributed by atoms with Crippen LogP contribution < -0.4 is 70.8 Å². The Morgan fingerprint density at radius 1 is 0.693 bits per heavy atom. The van der Waals surface area contributed by atoms with Crippen molar-refractivity contribution in [3.8, 4) is 0 Å². The fourth-order valence-electron chi connectivity index (χ4n) is 7.77. The topological polar surface area (TPSA) is 499 Å². The van der Waals surface area contributed by atoms with Gasteiger partial charge >= 0.3 is 0 Å². The van der Waals surface area contributed by atoms with E-state index in [1.54, 1.807) is 37.3 Å². The monoisotopic (exact) mass is 1290 g/mol. The molecule has 0 bridgehead atoms. The van der Waals surface area contributed by atoms with Gasteiger partial charge in [-0.3, -0.25) is 57.7 Å². The van der Waals surface area contributed by atoms with Gasteiger partial charge in [-0.15, -0.1) is 0 Å². The van der Waals surface area contributed by atoms with E-state index in [9.17, 15) is 63.0 Å². The molecule has 34 heteroatoms. The summed E-state index contributed by atoms with van der Waals surface area (Å²) in [6.45, 7) is 4.81. The molecular weight excluding hydrogens is 1200 g/mol. The van der Waals surface area contributed by atoms with E-state index < -0.39 is 127 Å². The lowest BCUT2D eigenvalue weighted by Gasteiger charge is -2.28. The molecule has 0 aliphatic carbocycles. The number of benzene rings is 1. The van der Waals surface area contributed by atoms with Crippen LogP contribution in [0.3, 0.4) is 0 Å². The minimum Gasteiger partial charge on any atom is -0.391 e. The number of aliphatic imine (C=N–C) groups is 1. The quantitative estimate of drug-likeness (QED) is 0.0126. The number of hydrogen-bond donors (Lipinski definition) is 15. The van der Waals surface area contributed by atoms with Crippen LogP contribution in [0, 0.1) is 5.92 Å². The molecule has 0 radical (unpaired) electrons. The molecule has 8 amide bonds. The van der Waals surface area contributed by atoms with Crippen LogP contribution in [-0.2, 0) is 82.8 Å². The van der Waals surface area contributed by atoms with E-state index in [1.165, 1.54) is 13.8 Å². The highest BCUT2D eigenvalue weighted by atomic mass is 33.1. The van der Waals surface area contributed by atoms with Gasteiger partial charge < -0.3 is 105 Å². The molecule has 9 atom stereocenters. The molecule has 1 heterocycles. The van der Waals surface area contributed by atoms with Gasteiger partial charge in [0.05, 0.1) is 111 Å². The number of guanidine groups is 1. The van der Waals surface area contributed by atoms with Crippen LogP contribution in [0.1, 0.15) is 52.0 Å². The van der Waals surface area contributed by atoms with E-state index in [0.717, 1.165) is 21.6 Å². The van der Waals surface area contributed by atoms with Crippen LogP contribution in [0.25, 0.3) is 0 Å². The van der Waals surface area contributed by atoms with Crippen LogP contribution in [0.15, 0.2) is 35.3 Å². The maximum atomic E-state index is 14.2. The van der Waals surface area contributed by atoms with Crippen molar-refractivity contribution in [2.24, 2.45) is 33.8 Å². The van der Waals surface area contributed by atoms with Gasteiger partial charge in [0.2, 0.25) is 47.3 Å². The Bertz CT molecular complexity index is 2380. The number of nitrogens with one attached hydrogen (secondary N) is 9. The summed E-state index contributed by atoms with van der Waals surface area (Å²) in [5.74, 6) is -9.25. The fourth-order valence-corrected chi connectivity index (χ4v) is 10.1. The lowest BCUT2D eigenvalue weighted by atomic mass is 9.99. The Kier molecular flexibility index (Phi) is 40.4. The zero-order valence-corrected chi connectivity index (χ0v) is 51.7. The SMILES string of the molecule is C[C@H](CC(=O)CCOCCOCCOCCOCCOCCNCC(=O)[C@@H](NC(=O)[C@@H]1CSSC[C@H](NC(=O)CNC(=O)CN)C(=O)N[C@@H](CCCN=C(N)N)C(=O)N[C@@H](Cc2ccccc2)C(=O)NCC(=O)N[C@@H]([C@@H](C)O)C(=O)N1)[C@@H](C)O)C(=O)CN. The van der Waals surface area contributed by atoms with Crippen LogP contribution >= 0.6 is 21.6 Å². The maximum absolute atomic E-state index is 14.2. The number of aliphatic hydroxyl groups is 2. The number of carbonyl (C=O) groups excluding carboxylic acids is 11. The van der Waals surface area contributed by atoms with Crippen molar-refractivity contribution in [2.45, 2.75) is 101 Å². The molecule has 0 spiro atoms. The number of nitrogens with zero attached hydrogens (tertiary/aromatic N) is 1. The first kappa shape index (κ1) is 77.7. The van der Waals surface area contributed by atoms with E-state index in [0.29, 0.717) is 38.6 Å². The number of amides is 8. The molecule has 1 saturated heterocycles. The van der Waals surface area contributed by atoms with Crippen molar-refractivity contribution in [3.05, 3.63) is 35.9 Å². The number of Topliss-reactive ketones (excluding diaryl/α,β-unsaturated/α-hetero) is 3. The standard InChI is InChI=1S/C54H90N14O18S2/c1-33(42(72)26-55)24-37(71)11-14-82-16-18-84-20-22-86-23-21-85-19-17-83-15-13-59-28-43(73)47(34(2)69)68-52(80)41-32-88-87-31-40(63-45(75)29-61-44(74)27-56)51(79)64-38(10-7-12-60-54(57)58)50(78)65-39(25-36-8-5-4-6-9-36)49(77)62-30-46(76)67-48(35(3)70)53(81)66-41/h4-6,8-9,33-35,38-41,47-48,59,69-70H,7,10-32,55-56H2,1-3H3,(H,61,74)(H,62,77)(H,63,75)(H,64,79)(H,65,78)(H,66,81)(H,67,76)(H,68,80)(H4,57,58,60)/t33-,34-,35-,38+,39+,40+,41+,47+,48+/m1/s1. The van der Waals surface area contributed by atoms with Gasteiger partial charge in [0.25, 0.3) is 0 Å². The highest BCUT2D eigenvalue weighted by molar-refractivity contribution is 8.76. The van der Waals surface area contributed by atoms with Gasteiger partial charge in [0.15, 0.2) is 11.7 Å². The minimum absolute atomic E-state index is 0.0316. The lowest BCUT2D eigenvalue weighted by Crippen LogP contribution is -2.61. The second-order valence-corrected chi connectivity index (χ2v) is 22.5. The summed E-state index contributed by atoms with van der Waals surface area (Å²) in [5.41, 5.74) is 22.3. The third-order valence-corrected chi connectivity index (χ3v) is 15.0. The van der Waals surface area contributed by atoms with E-state index in [1.807, 2.05) is 0 Å². The van der Waals surface area contributed by atoms with E-state index >= 15 is 0 Å². The normalized spacial score (nSPS) is 19.6. The van der Waals surface area contributed by atoms with Gasteiger partial charge in [0, 0.05) is 49.8 Å². The van der Waals surface area contributed by atoms with E-state index in [-0.39, 0.29) is 120 Å². The summed E-state index contributed by atoms with van der Waals surface area (Å²) in [5, 5.41) is 44.1. The van der Waals surface area contributed by atoms with Crippen LogP contribution in [0.5, 0.6) is 0 Å². The summed E-state index contributed by atoms with van der Waals surface area (Å²) in [7, 11) is 1.82. The second kappa shape index (κ2) is 45.8. The summed E-state index contributed by atoms with van der Waals surface area (Å²) in [4.78, 5) is 149. The minimum atomic E-state index is -1.73. The Morgan fingerprint density at radius 2 is 1.30 bits per heavy atom. The first-order chi connectivity index (χ1) is 42.1. The van der Waals surface area contributed by atoms with Gasteiger partial charge in [-0.25, -0.2) is 0 Å². The summed E-state index contributed by atoms with van der Waals surface area (Å²) in [6, 6.07) is -0.495. The van der Waals surface area contributed by atoms with Crippen LogP contribution in [0.4, 0.5) is 0 Å². The molecule has 1 aliphatic rings. The number of aliphatic hydroxyl groups excluding tert-OH is 2. The Labute approximate surface area is 519 Å². The van der Waals surface area contributed by atoms with Gasteiger partial charge in [0.1, 0.15) is 47.8 Å². The molecule has 88 heavy (non-hydrogen) atoms. The number of ether oxygens (including phenoxy) is 5. The number of carbonyl (C=O) groups is 11. The molecule has 1 aromatic carbocycles. The average Bonchev–Trinajstić information content (AvgIpc) is 3.70. The highest BCUT2D eigenvalue weighted by Gasteiger charge is 2.35. The number of ketones is 3. The zero-order valence-electron chi connectivity index (χ0n) is 50.1. The van der Waals surface area contributed by atoms with Crippen molar-refractivity contribution in [1.29, 1.82) is 0 Å². The molecule has 1 aromatic rings. The van der Waals surface area contributed by atoms with Crippen molar-refractivity contribution in [2.75, 3.05) is 123 Å². The predicted octanol–water partition coefficient (Wildman–Crippen LogP) is -6.71. The molecule has 32 nitrogen and oxygen atoms in total. The molecule has 0 aromatic heterocycles. The Hall–Kier alpha value is -6.44. The number of rotatable bonds is 39. The molecule has 1 aliphatic heterocycles. The molecule has 2 rings (SSSR count). The molecule has 0 unspecified atom stereocenters. The summed E-state index contributed by atoms with van der Waals surface area (Å²) in [6.07, 6.45) is -2.75. The first-order valence-electron chi connectivity index (χ1n) is 28.7. The third-order valence-electron chi connectivity index (χ3n) is 12.6. The fraction of sp³-hybridized carbons (Fsp3) is 0.667. The van der Waals surface area contributed by atoms with E-state index in [2.05, 4.69) is 52.8 Å². The largest absolute Gasteiger partial charge is 0.391 e. The summed E-state index contributed by atoms with van der Waals surface area (Å²) >= 11 is 0. The molecule has 19 N–H and O–H groups in total. The molecule has 1 fully saturated rings. The van der Waals surface area contributed by atoms with Crippen LogP contribution in [0.2, 0.25) is 0 Å². The molecule has 496 valence electrons. The predicted molar refractivity (Wildman–Crippen MR) is 324 cm³/mol. The van der Waals surface area contributed by atoms with Crippen molar-refractivity contribution in [3.63, 3.8) is 0 Å². The number of hydrogen-bond acceptors (Lipinski definition) is 24. The van der Waals surface area contributed by atoms with Crippen LogP contribution in [-0.4, -0.2) is 253 Å². The first-order valence-corrected chi connectivity index (χ1v) is 31.2. The molecule has 0 saturated carbocycles. The Balaban J connectivity index is 2.11.